The maximum Gasteiger partial charge on any atom is 0.303 e. The van der Waals surface area contributed by atoms with Crippen LogP contribution in [0, 0.1) is 28.6 Å². The number of fused-ring (bicyclic) bond motifs is 5. The summed E-state index contributed by atoms with van der Waals surface area (Å²) in [5.41, 5.74) is -1.78. The van der Waals surface area contributed by atoms with Crippen molar-refractivity contribution in [3.63, 3.8) is 0 Å². The van der Waals surface area contributed by atoms with Gasteiger partial charge in [-0.2, -0.15) is 0 Å². The number of hydrogen-bond acceptors (Lipinski definition) is 25. The Morgan fingerprint density at radius 2 is 1.13 bits per heavy atom. The van der Waals surface area contributed by atoms with Crippen LogP contribution in [0.3, 0.4) is 0 Å². The quantitative estimate of drug-likeness (QED) is 0.0754. The summed E-state index contributed by atoms with van der Waals surface area (Å²) < 4.78 is 99.7. The lowest BCUT2D eigenvalue weighted by Gasteiger charge is -2.65. The molecular weight excluding hydrogens is 1110 g/mol. The van der Waals surface area contributed by atoms with Gasteiger partial charge < -0.3 is 112 Å². The van der Waals surface area contributed by atoms with Crippen LogP contribution in [0.25, 0.3) is 0 Å². The van der Waals surface area contributed by atoms with Gasteiger partial charge in [-0.3, -0.25) is 9.59 Å². The van der Waals surface area contributed by atoms with Crippen LogP contribution in [0.15, 0.2) is 11.6 Å². The molecule has 7 N–H and O–H groups in total. The Bertz CT molecular complexity index is 2240. The molecule has 0 aromatic rings. The van der Waals surface area contributed by atoms with E-state index in [1.54, 1.807) is 35.0 Å². The largest absolute Gasteiger partial charge is 0.458 e. The van der Waals surface area contributed by atoms with E-state index in [-0.39, 0.29) is 24.4 Å². The third-order valence-electron chi connectivity index (χ3n) is 20.7. The third kappa shape index (κ3) is 12.4. The van der Waals surface area contributed by atoms with Crippen molar-refractivity contribution in [2.45, 2.75) is 285 Å². The van der Waals surface area contributed by atoms with Crippen LogP contribution >= 0.6 is 0 Å². The van der Waals surface area contributed by atoms with Crippen molar-refractivity contribution >= 4 is 11.9 Å². The molecular formula is C59H96O25. The molecule has 9 rings (SSSR count). The second kappa shape index (κ2) is 26.7. The van der Waals surface area contributed by atoms with Gasteiger partial charge in [-0.15, -0.1) is 0 Å². The first-order valence-electron chi connectivity index (χ1n) is 30.2. The normalized spacial score (nSPS) is 50.9. The number of aliphatic hydroxyl groups excluding tert-OH is 6. The highest BCUT2D eigenvalue weighted by Gasteiger charge is 2.75. The van der Waals surface area contributed by atoms with E-state index in [1.165, 1.54) is 28.1 Å². The molecule has 0 radical (unpaired) electrons. The Kier molecular flexibility index (Phi) is 21.1. The number of esters is 2. The van der Waals surface area contributed by atoms with Gasteiger partial charge in [0.05, 0.1) is 67.1 Å². The first-order chi connectivity index (χ1) is 39.8. The van der Waals surface area contributed by atoms with Gasteiger partial charge in [0.2, 0.25) is 0 Å². The Morgan fingerprint density at radius 1 is 0.619 bits per heavy atom. The number of carbonyl (C=O) groups is 2. The number of hydrogen-bond donors (Lipinski definition) is 7. The van der Waals surface area contributed by atoms with Crippen molar-refractivity contribution in [2.75, 3.05) is 35.0 Å². The van der Waals surface area contributed by atoms with Crippen molar-refractivity contribution in [1.82, 2.24) is 0 Å². The van der Waals surface area contributed by atoms with Crippen LogP contribution < -0.4 is 0 Å². The van der Waals surface area contributed by atoms with Gasteiger partial charge in [-0.05, 0) is 90.4 Å². The van der Waals surface area contributed by atoms with Gasteiger partial charge >= 0.3 is 11.9 Å². The minimum atomic E-state index is -1.68. The Hall–Kier alpha value is -2.16. The molecule has 0 bridgehead atoms. The monoisotopic (exact) mass is 1200 g/mol. The predicted octanol–water partition coefficient (Wildman–Crippen LogP) is 1.44. The van der Waals surface area contributed by atoms with Crippen molar-refractivity contribution in [1.29, 1.82) is 0 Å². The van der Waals surface area contributed by atoms with Gasteiger partial charge in [-0.1, -0.05) is 25.5 Å². The summed E-state index contributed by atoms with van der Waals surface area (Å²) in [4.78, 5) is 25.8. The molecule has 5 heterocycles. The van der Waals surface area contributed by atoms with E-state index in [0.29, 0.717) is 51.4 Å². The van der Waals surface area contributed by atoms with Gasteiger partial charge in [0, 0.05) is 72.9 Å². The summed E-state index contributed by atoms with van der Waals surface area (Å²) in [5, 5.41) is 76.5. The van der Waals surface area contributed by atoms with Crippen molar-refractivity contribution in [2.24, 2.45) is 28.6 Å². The lowest BCUT2D eigenvalue weighted by Crippen LogP contribution is -2.72. The standard InChI is InChI=1S/C59H96O25/c1-25(61)34-17-19-59(68)35-15-14-32-20-33(16-18-57(32,8)43(35)52(77-30(6)62)54(58(34,59)9)78-31(7)63)79-40-21-36(69-10)48(26(2)73-40)81-41-22-37(70-11)49(27(3)74-41)82-42-23-38(71-12)50(28(4)75-42)83-56-47(67)53(72-13)51(29(5)76-56)84-55-46(66)45(65)44(64)39(24-60)80-55/h14,25-29,33-56,60-61,64-68H,15-24H2,1-13H3. The number of carbonyl (C=O) groups excluding carboxylic acids is 2. The molecule has 8 fully saturated rings. The molecule has 9 aliphatic rings. The van der Waals surface area contributed by atoms with Gasteiger partial charge in [0.1, 0.15) is 73.2 Å². The van der Waals surface area contributed by atoms with E-state index in [2.05, 4.69) is 13.0 Å². The van der Waals surface area contributed by atoms with Crippen LogP contribution in [-0.4, -0.2) is 248 Å². The summed E-state index contributed by atoms with van der Waals surface area (Å²) >= 11 is 0. The van der Waals surface area contributed by atoms with Gasteiger partial charge in [0.15, 0.2) is 31.5 Å². The molecule has 0 amide bonds. The van der Waals surface area contributed by atoms with Crippen LogP contribution in [0.5, 0.6) is 0 Å². The summed E-state index contributed by atoms with van der Waals surface area (Å²) in [6, 6.07) is 0. The lowest BCUT2D eigenvalue weighted by atomic mass is 9.43. The minimum Gasteiger partial charge on any atom is -0.458 e. The third-order valence-corrected chi connectivity index (χ3v) is 20.7. The van der Waals surface area contributed by atoms with E-state index >= 15 is 0 Å². The lowest BCUT2D eigenvalue weighted by molar-refractivity contribution is -0.374. The van der Waals surface area contributed by atoms with Gasteiger partial charge in [-0.25, -0.2) is 0 Å². The molecule has 3 saturated carbocycles. The van der Waals surface area contributed by atoms with E-state index in [1.807, 2.05) is 20.8 Å². The maximum absolute atomic E-state index is 12.9. The Balaban J connectivity index is 0.783. The molecule has 25 heteroatoms. The topological polar surface area (TPSA) is 323 Å². The predicted molar refractivity (Wildman–Crippen MR) is 289 cm³/mol. The van der Waals surface area contributed by atoms with Crippen LogP contribution in [-0.2, 0) is 85.4 Å². The van der Waals surface area contributed by atoms with E-state index < -0.39 is 194 Å². The second-order valence-electron chi connectivity index (χ2n) is 25.6. The maximum atomic E-state index is 12.9. The number of methoxy groups -OCH3 is 4. The number of rotatable bonds is 18. The summed E-state index contributed by atoms with van der Waals surface area (Å²) in [6.07, 6.45) is -16.8. The Morgan fingerprint density at radius 3 is 1.64 bits per heavy atom. The van der Waals surface area contributed by atoms with E-state index in [4.69, 9.17) is 75.8 Å². The average molecular weight is 1210 g/mol. The van der Waals surface area contributed by atoms with Crippen molar-refractivity contribution in [3.8, 4) is 0 Å². The minimum absolute atomic E-state index is 0.221. The number of aliphatic hydroxyl groups is 7. The second-order valence-corrected chi connectivity index (χ2v) is 25.6. The highest BCUT2D eigenvalue weighted by atomic mass is 16.8. The fourth-order valence-electron chi connectivity index (χ4n) is 16.4. The SMILES string of the molecule is COC1CC(OC2CCC3(C)C(=CCC4C3C(OC(C)=O)C(OC(C)=O)C3(C)C(C(C)O)CCC43O)C2)OC(C)C1OC1CC(OC)C(OC2CC(OC)C(OC3OC(C)C(OC4OC(CO)C(O)C(O)C4O)C(OC)C3O)C(C)O2)C(C)O1. The number of allylic oxidation sites excluding steroid dienone is 1. The zero-order valence-corrected chi connectivity index (χ0v) is 50.9. The van der Waals surface area contributed by atoms with E-state index in [0.717, 1.165) is 5.57 Å². The summed E-state index contributed by atoms with van der Waals surface area (Å²) in [7, 11) is 6.13. The zero-order valence-electron chi connectivity index (χ0n) is 50.9. The summed E-state index contributed by atoms with van der Waals surface area (Å²) in [6.45, 7) is 15.0. The smallest absolute Gasteiger partial charge is 0.303 e. The van der Waals surface area contributed by atoms with Crippen LogP contribution in [0.1, 0.15) is 120 Å². The molecule has 482 valence electrons. The number of ether oxygens (including phenoxy) is 16. The first kappa shape index (κ1) is 66.3. The zero-order chi connectivity index (χ0) is 61.1. The molecule has 4 aliphatic carbocycles. The molecule has 84 heavy (non-hydrogen) atoms. The molecule has 32 unspecified atom stereocenters. The molecule has 5 saturated heterocycles. The Labute approximate surface area is 492 Å². The van der Waals surface area contributed by atoms with Crippen molar-refractivity contribution < 1.29 is 121 Å². The van der Waals surface area contributed by atoms with Gasteiger partial charge in [0.25, 0.3) is 0 Å². The molecule has 0 spiro atoms. The first-order valence-corrected chi connectivity index (χ1v) is 30.2. The highest BCUT2D eigenvalue weighted by molar-refractivity contribution is 5.68. The van der Waals surface area contributed by atoms with Crippen LogP contribution in [0.4, 0.5) is 0 Å². The van der Waals surface area contributed by atoms with Crippen molar-refractivity contribution in [3.05, 3.63) is 11.6 Å². The molecule has 5 aliphatic heterocycles. The van der Waals surface area contributed by atoms with E-state index in [9.17, 15) is 45.3 Å². The van der Waals surface area contributed by atoms with Crippen LogP contribution in [0.2, 0.25) is 0 Å². The highest BCUT2D eigenvalue weighted by Crippen LogP contribution is 2.69. The fraction of sp³-hybridized carbons (Fsp3) is 0.932. The molecule has 25 nitrogen and oxygen atoms in total. The molecule has 32 atom stereocenters. The average Bonchev–Trinajstić information content (AvgIpc) is 1.37. The molecule has 0 aromatic heterocycles. The molecule has 0 aromatic carbocycles. The fourth-order valence-corrected chi connectivity index (χ4v) is 16.4. The summed E-state index contributed by atoms with van der Waals surface area (Å²) in [5.74, 6) is -2.14.